The molecular formula is C13H18O2S. The summed E-state index contributed by atoms with van der Waals surface area (Å²) in [6.45, 7) is 2.13. The van der Waals surface area contributed by atoms with Crippen molar-refractivity contribution in [2.24, 2.45) is 0 Å². The summed E-state index contributed by atoms with van der Waals surface area (Å²) in [6, 6.07) is 8.51. The minimum absolute atomic E-state index is 0.363. The molecule has 1 aromatic carbocycles. The van der Waals surface area contributed by atoms with E-state index >= 15 is 0 Å². The molecule has 0 aliphatic heterocycles. The summed E-state index contributed by atoms with van der Waals surface area (Å²) in [5.74, 6) is 0. The van der Waals surface area contributed by atoms with Crippen LogP contribution in [0.2, 0.25) is 0 Å². The van der Waals surface area contributed by atoms with Crippen LogP contribution < -0.4 is 0 Å². The number of hydrogen-bond acceptors (Lipinski definition) is 2. The zero-order valence-corrected chi connectivity index (χ0v) is 10.4. The average molecular weight is 238 g/mol. The second-order valence-electron chi connectivity index (χ2n) is 3.73. The molecule has 2 nitrogen and oxygen atoms in total. The van der Waals surface area contributed by atoms with E-state index in [0.29, 0.717) is 4.90 Å². The molecule has 0 saturated carbocycles. The van der Waals surface area contributed by atoms with Crippen molar-refractivity contribution in [1.29, 1.82) is 0 Å². The van der Waals surface area contributed by atoms with E-state index in [1.165, 1.54) is 5.41 Å². The Morgan fingerprint density at radius 3 is 2.44 bits per heavy atom. The van der Waals surface area contributed by atoms with Crippen molar-refractivity contribution >= 4 is 9.84 Å². The minimum atomic E-state index is -3.23. The van der Waals surface area contributed by atoms with Crippen molar-refractivity contribution < 1.29 is 8.42 Å². The van der Waals surface area contributed by atoms with Gasteiger partial charge in [-0.05, 0) is 25.0 Å². The molecular weight excluding hydrogens is 220 g/mol. The summed E-state index contributed by atoms with van der Waals surface area (Å²) in [6.07, 6.45) is 5.93. The van der Waals surface area contributed by atoms with Crippen LogP contribution in [-0.4, -0.2) is 8.42 Å². The highest BCUT2D eigenvalue weighted by molar-refractivity contribution is 7.94. The third kappa shape index (κ3) is 4.19. The molecule has 0 aliphatic carbocycles. The summed E-state index contributed by atoms with van der Waals surface area (Å²) >= 11 is 0. The van der Waals surface area contributed by atoms with E-state index in [1.807, 2.05) is 6.07 Å². The zero-order chi connectivity index (χ0) is 11.9. The van der Waals surface area contributed by atoms with E-state index in [0.717, 1.165) is 25.7 Å². The molecule has 0 aromatic heterocycles. The van der Waals surface area contributed by atoms with Gasteiger partial charge in [0.15, 0.2) is 9.84 Å². The van der Waals surface area contributed by atoms with Crippen molar-refractivity contribution in [3.8, 4) is 0 Å². The molecule has 0 radical (unpaired) electrons. The smallest absolute Gasteiger partial charge is 0.199 e. The zero-order valence-electron chi connectivity index (χ0n) is 9.59. The molecule has 0 unspecified atom stereocenters. The van der Waals surface area contributed by atoms with Gasteiger partial charge in [0.1, 0.15) is 0 Å². The van der Waals surface area contributed by atoms with Gasteiger partial charge in [-0.1, -0.05) is 44.0 Å². The van der Waals surface area contributed by atoms with Gasteiger partial charge in [0.25, 0.3) is 0 Å². The maximum absolute atomic E-state index is 11.8. The fraction of sp³-hybridized carbons (Fsp3) is 0.385. The molecule has 3 heteroatoms. The standard InChI is InChI=1S/C13H18O2S/c1-2-3-4-5-9-12-16(14,15)13-10-7-6-8-11-13/h6-12H,2-5H2,1H3. The Bertz CT molecular complexity index is 419. The van der Waals surface area contributed by atoms with Crippen LogP contribution in [0.4, 0.5) is 0 Å². The van der Waals surface area contributed by atoms with Crippen LogP contribution >= 0.6 is 0 Å². The Morgan fingerprint density at radius 1 is 1.12 bits per heavy atom. The Balaban J connectivity index is 2.59. The molecule has 0 fully saturated rings. The Labute approximate surface area is 97.9 Å². The summed E-state index contributed by atoms with van der Waals surface area (Å²) in [5.41, 5.74) is 0. The number of allylic oxidation sites excluding steroid dienone is 1. The van der Waals surface area contributed by atoms with Crippen LogP contribution in [0.3, 0.4) is 0 Å². The lowest BCUT2D eigenvalue weighted by molar-refractivity contribution is 0.604. The fourth-order valence-corrected chi connectivity index (χ4v) is 2.48. The van der Waals surface area contributed by atoms with Gasteiger partial charge in [-0.2, -0.15) is 0 Å². The van der Waals surface area contributed by atoms with Crippen LogP contribution in [0.25, 0.3) is 0 Å². The van der Waals surface area contributed by atoms with Crippen LogP contribution in [0.15, 0.2) is 46.7 Å². The van der Waals surface area contributed by atoms with E-state index in [-0.39, 0.29) is 0 Å². The number of unbranched alkanes of at least 4 members (excludes halogenated alkanes) is 3. The van der Waals surface area contributed by atoms with Crippen molar-refractivity contribution in [3.63, 3.8) is 0 Å². The summed E-state index contributed by atoms with van der Waals surface area (Å²) in [7, 11) is -3.23. The third-order valence-electron chi connectivity index (χ3n) is 2.32. The quantitative estimate of drug-likeness (QED) is 0.710. The fourth-order valence-electron chi connectivity index (χ4n) is 1.40. The van der Waals surface area contributed by atoms with Crippen LogP contribution in [0.5, 0.6) is 0 Å². The van der Waals surface area contributed by atoms with Crippen molar-refractivity contribution in [2.75, 3.05) is 0 Å². The molecule has 1 aromatic rings. The van der Waals surface area contributed by atoms with Gasteiger partial charge in [0.05, 0.1) is 4.90 Å². The SMILES string of the molecule is CCCCCC=CS(=O)(=O)c1ccccc1. The van der Waals surface area contributed by atoms with E-state index in [2.05, 4.69) is 6.92 Å². The molecule has 0 atom stereocenters. The van der Waals surface area contributed by atoms with Gasteiger partial charge in [-0.15, -0.1) is 0 Å². The maximum Gasteiger partial charge on any atom is 0.199 e. The van der Waals surface area contributed by atoms with Crippen LogP contribution in [0.1, 0.15) is 32.6 Å². The molecule has 1 rings (SSSR count). The van der Waals surface area contributed by atoms with Crippen LogP contribution in [-0.2, 0) is 9.84 Å². The summed E-state index contributed by atoms with van der Waals surface area (Å²) in [4.78, 5) is 0.363. The van der Waals surface area contributed by atoms with Gasteiger partial charge < -0.3 is 0 Å². The Hall–Kier alpha value is -1.09. The molecule has 16 heavy (non-hydrogen) atoms. The summed E-state index contributed by atoms with van der Waals surface area (Å²) in [5, 5.41) is 1.32. The van der Waals surface area contributed by atoms with Gasteiger partial charge in [0, 0.05) is 5.41 Å². The van der Waals surface area contributed by atoms with E-state index in [9.17, 15) is 8.42 Å². The first-order chi connectivity index (χ1) is 7.67. The van der Waals surface area contributed by atoms with Crippen molar-refractivity contribution in [3.05, 3.63) is 41.8 Å². The van der Waals surface area contributed by atoms with Crippen molar-refractivity contribution in [1.82, 2.24) is 0 Å². The number of rotatable bonds is 6. The molecule has 0 spiro atoms. The predicted molar refractivity (Wildman–Crippen MR) is 66.9 cm³/mol. The first-order valence-electron chi connectivity index (χ1n) is 5.63. The average Bonchev–Trinajstić information content (AvgIpc) is 2.30. The highest BCUT2D eigenvalue weighted by atomic mass is 32.2. The Morgan fingerprint density at radius 2 is 1.81 bits per heavy atom. The lowest BCUT2D eigenvalue weighted by Crippen LogP contribution is -1.95. The topological polar surface area (TPSA) is 34.1 Å². The van der Waals surface area contributed by atoms with E-state index < -0.39 is 9.84 Å². The third-order valence-corrected chi connectivity index (χ3v) is 3.80. The molecule has 0 aliphatic rings. The lowest BCUT2D eigenvalue weighted by Gasteiger charge is -1.97. The van der Waals surface area contributed by atoms with E-state index in [4.69, 9.17) is 0 Å². The van der Waals surface area contributed by atoms with Gasteiger partial charge in [-0.3, -0.25) is 0 Å². The van der Waals surface area contributed by atoms with Gasteiger partial charge >= 0.3 is 0 Å². The van der Waals surface area contributed by atoms with Crippen LogP contribution in [0, 0.1) is 0 Å². The molecule has 0 amide bonds. The van der Waals surface area contributed by atoms with Gasteiger partial charge in [0.2, 0.25) is 0 Å². The molecule has 88 valence electrons. The van der Waals surface area contributed by atoms with Gasteiger partial charge in [-0.25, -0.2) is 8.42 Å². The highest BCUT2D eigenvalue weighted by Gasteiger charge is 2.07. The Kier molecular flexibility index (Phi) is 5.26. The molecule has 0 heterocycles. The first-order valence-corrected chi connectivity index (χ1v) is 7.18. The highest BCUT2D eigenvalue weighted by Crippen LogP contribution is 2.12. The number of hydrogen-bond donors (Lipinski definition) is 0. The van der Waals surface area contributed by atoms with E-state index in [1.54, 1.807) is 30.3 Å². The minimum Gasteiger partial charge on any atom is -0.219 e. The predicted octanol–water partition coefficient (Wildman–Crippen LogP) is 3.55. The normalized spacial score (nSPS) is 12.1. The second kappa shape index (κ2) is 6.48. The summed E-state index contributed by atoms with van der Waals surface area (Å²) < 4.78 is 23.6. The second-order valence-corrected chi connectivity index (χ2v) is 5.56. The molecule has 0 N–H and O–H groups in total. The largest absolute Gasteiger partial charge is 0.219 e. The molecule has 0 saturated heterocycles. The monoisotopic (exact) mass is 238 g/mol. The number of sulfone groups is 1. The molecule has 0 bridgehead atoms. The maximum atomic E-state index is 11.8. The first kappa shape index (κ1) is 13.0. The van der Waals surface area contributed by atoms with Crippen molar-refractivity contribution in [2.45, 2.75) is 37.5 Å². The number of benzene rings is 1. The lowest BCUT2D eigenvalue weighted by atomic mass is 10.2.